The van der Waals surface area contributed by atoms with Crippen molar-refractivity contribution in [3.63, 3.8) is 0 Å². The molecular formula is C24H33N3O3. The minimum Gasteiger partial charge on any atom is -0.490 e. The molecule has 0 atom stereocenters. The van der Waals surface area contributed by atoms with Crippen molar-refractivity contribution < 1.29 is 14.3 Å². The maximum Gasteiger partial charge on any atom is 0.251 e. The molecule has 0 aliphatic carbocycles. The van der Waals surface area contributed by atoms with E-state index in [2.05, 4.69) is 21.3 Å². The molecule has 162 valence electrons. The molecule has 1 aromatic carbocycles. The lowest BCUT2D eigenvalue weighted by Crippen LogP contribution is -2.37. The predicted molar refractivity (Wildman–Crippen MR) is 118 cm³/mol. The molecule has 1 aliphatic heterocycles. The molecule has 6 nitrogen and oxygen atoms in total. The Bertz CT molecular complexity index is 757. The Morgan fingerprint density at radius 2 is 1.93 bits per heavy atom. The first-order chi connectivity index (χ1) is 14.6. The van der Waals surface area contributed by atoms with Gasteiger partial charge in [0.1, 0.15) is 11.9 Å². The highest BCUT2D eigenvalue weighted by Crippen LogP contribution is 2.20. The highest BCUT2D eigenvalue weighted by Gasteiger charge is 2.21. The number of carbonyl (C=O) groups excluding carboxylic acids is 1. The number of aromatic nitrogens is 1. The molecule has 1 amide bonds. The van der Waals surface area contributed by atoms with E-state index in [-0.39, 0.29) is 18.1 Å². The molecule has 1 fully saturated rings. The SMILES string of the molecule is CC(C)OCCCNC(=O)c1ccc(OC2CCN(Cc3ccccn3)CC2)cc1. The molecule has 1 aliphatic rings. The van der Waals surface area contributed by atoms with Crippen molar-refractivity contribution >= 4 is 5.91 Å². The van der Waals surface area contributed by atoms with Crippen LogP contribution in [0.25, 0.3) is 0 Å². The number of rotatable bonds is 10. The standard InChI is InChI=1S/C24H33N3O3/c1-19(2)29-17-5-14-26-24(28)20-7-9-22(10-8-20)30-23-11-15-27(16-12-23)18-21-6-3-4-13-25-21/h3-4,6-10,13,19,23H,5,11-12,14-18H2,1-2H3,(H,26,28). The van der Waals surface area contributed by atoms with Gasteiger partial charge in [0.15, 0.2) is 0 Å². The van der Waals surface area contributed by atoms with Gasteiger partial charge in [-0.1, -0.05) is 6.07 Å². The van der Waals surface area contributed by atoms with Gasteiger partial charge in [0, 0.05) is 44.5 Å². The molecule has 1 aromatic heterocycles. The number of nitrogens with one attached hydrogen (secondary N) is 1. The zero-order valence-corrected chi connectivity index (χ0v) is 18.0. The minimum atomic E-state index is -0.0612. The highest BCUT2D eigenvalue weighted by molar-refractivity contribution is 5.94. The van der Waals surface area contributed by atoms with Crippen LogP contribution in [0.15, 0.2) is 48.7 Å². The normalized spacial score (nSPS) is 15.3. The summed E-state index contributed by atoms with van der Waals surface area (Å²) in [6.07, 6.45) is 5.08. The second-order valence-electron chi connectivity index (χ2n) is 7.97. The number of amides is 1. The summed E-state index contributed by atoms with van der Waals surface area (Å²) in [4.78, 5) is 19.0. The van der Waals surface area contributed by atoms with Crippen LogP contribution < -0.4 is 10.1 Å². The Hall–Kier alpha value is -2.44. The van der Waals surface area contributed by atoms with Gasteiger partial charge in [-0.05, 0) is 69.5 Å². The molecule has 30 heavy (non-hydrogen) atoms. The quantitative estimate of drug-likeness (QED) is 0.605. The van der Waals surface area contributed by atoms with Crippen LogP contribution >= 0.6 is 0 Å². The summed E-state index contributed by atoms with van der Waals surface area (Å²) in [6.45, 7) is 8.18. The van der Waals surface area contributed by atoms with Gasteiger partial charge in [-0.25, -0.2) is 0 Å². The lowest BCUT2D eigenvalue weighted by Gasteiger charge is -2.31. The van der Waals surface area contributed by atoms with E-state index in [1.165, 1.54) is 0 Å². The monoisotopic (exact) mass is 411 g/mol. The average Bonchev–Trinajstić information content (AvgIpc) is 2.76. The summed E-state index contributed by atoms with van der Waals surface area (Å²) >= 11 is 0. The highest BCUT2D eigenvalue weighted by atomic mass is 16.5. The van der Waals surface area contributed by atoms with E-state index in [9.17, 15) is 4.79 Å². The maximum atomic E-state index is 12.2. The summed E-state index contributed by atoms with van der Waals surface area (Å²) in [5, 5.41) is 2.93. The molecule has 0 spiro atoms. The van der Waals surface area contributed by atoms with Crippen LogP contribution in [0, 0.1) is 0 Å². The van der Waals surface area contributed by atoms with Crippen LogP contribution in [-0.4, -0.2) is 54.2 Å². The third kappa shape index (κ3) is 7.43. The Balaban J connectivity index is 1.37. The molecule has 2 aromatic rings. The number of benzene rings is 1. The average molecular weight is 412 g/mol. The van der Waals surface area contributed by atoms with Gasteiger partial charge < -0.3 is 14.8 Å². The van der Waals surface area contributed by atoms with Crippen molar-refractivity contribution in [2.45, 2.75) is 51.9 Å². The van der Waals surface area contributed by atoms with Gasteiger partial charge in [-0.3, -0.25) is 14.7 Å². The fourth-order valence-electron chi connectivity index (χ4n) is 3.48. The molecule has 0 bridgehead atoms. The van der Waals surface area contributed by atoms with Crippen molar-refractivity contribution in [1.29, 1.82) is 0 Å². The van der Waals surface area contributed by atoms with Gasteiger partial charge in [-0.15, -0.1) is 0 Å². The summed E-state index contributed by atoms with van der Waals surface area (Å²) in [5.41, 5.74) is 1.76. The lowest BCUT2D eigenvalue weighted by molar-refractivity contribution is 0.0757. The van der Waals surface area contributed by atoms with E-state index in [1.54, 1.807) is 0 Å². The van der Waals surface area contributed by atoms with Crippen molar-refractivity contribution in [1.82, 2.24) is 15.2 Å². The second-order valence-corrected chi connectivity index (χ2v) is 7.97. The topological polar surface area (TPSA) is 63.7 Å². The molecular weight excluding hydrogens is 378 g/mol. The van der Waals surface area contributed by atoms with Crippen molar-refractivity contribution in [2.75, 3.05) is 26.2 Å². The Morgan fingerprint density at radius 1 is 1.17 bits per heavy atom. The van der Waals surface area contributed by atoms with E-state index < -0.39 is 0 Å². The Kier molecular flexibility index (Phi) is 8.66. The molecule has 3 rings (SSSR count). The zero-order valence-electron chi connectivity index (χ0n) is 18.0. The van der Waals surface area contributed by atoms with E-state index in [1.807, 2.05) is 56.4 Å². The van der Waals surface area contributed by atoms with Crippen LogP contribution in [0.3, 0.4) is 0 Å². The number of piperidine rings is 1. The third-order valence-electron chi connectivity index (χ3n) is 5.12. The van der Waals surface area contributed by atoms with Gasteiger partial charge in [0.25, 0.3) is 5.91 Å². The van der Waals surface area contributed by atoms with E-state index in [0.717, 1.165) is 50.3 Å². The Labute approximate surface area is 179 Å². The number of nitrogens with zero attached hydrogens (tertiary/aromatic N) is 2. The lowest BCUT2D eigenvalue weighted by atomic mass is 10.1. The first-order valence-corrected chi connectivity index (χ1v) is 10.9. The first kappa shape index (κ1) is 22.2. The second kappa shape index (κ2) is 11.7. The summed E-state index contributed by atoms with van der Waals surface area (Å²) in [7, 11) is 0. The Morgan fingerprint density at radius 3 is 2.60 bits per heavy atom. The summed E-state index contributed by atoms with van der Waals surface area (Å²) in [5.74, 6) is 0.758. The minimum absolute atomic E-state index is 0.0612. The van der Waals surface area contributed by atoms with E-state index in [0.29, 0.717) is 18.7 Å². The summed E-state index contributed by atoms with van der Waals surface area (Å²) < 4.78 is 11.6. The first-order valence-electron chi connectivity index (χ1n) is 10.9. The van der Waals surface area contributed by atoms with Crippen molar-refractivity contribution in [3.8, 4) is 5.75 Å². The van der Waals surface area contributed by atoms with Crippen LogP contribution in [0.4, 0.5) is 0 Å². The van der Waals surface area contributed by atoms with Crippen LogP contribution in [0.1, 0.15) is 49.2 Å². The van der Waals surface area contributed by atoms with Gasteiger partial charge in [0.05, 0.1) is 11.8 Å². The number of ether oxygens (including phenoxy) is 2. The molecule has 0 saturated carbocycles. The van der Waals surface area contributed by atoms with Crippen LogP contribution in [0.5, 0.6) is 5.75 Å². The van der Waals surface area contributed by atoms with Gasteiger partial charge in [-0.2, -0.15) is 0 Å². The number of carbonyl (C=O) groups is 1. The zero-order chi connectivity index (χ0) is 21.2. The largest absolute Gasteiger partial charge is 0.490 e. The molecule has 1 saturated heterocycles. The van der Waals surface area contributed by atoms with Crippen molar-refractivity contribution in [2.24, 2.45) is 0 Å². The number of hydrogen-bond acceptors (Lipinski definition) is 5. The van der Waals surface area contributed by atoms with E-state index >= 15 is 0 Å². The van der Waals surface area contributed by atoms with Crippen molar-refractivity contribution in [3.05, 3.63) is 59.9 Å². The maximum absolute atomic E-state index is 12.2. The third-order valence-corrected chi connectivity index (χ3v) is 5.12. The smallest absolute Gasteiger partial charge is 0.251 e. The van der Waals surface area contributed by atoms with Gasteiger partial charge in [0.2, 0.25) is 0 Å². The molecule has 2 heterocycles. The fraction of sp³-hybridized carbons (Fsp3) is 0.500. The molecule has 0 unspecified atom stereocenters. The number of hydrogen-bond donors (Lipinski definition) is 1. The predicted octanol–water partition coefficient (Wildman–Crippen LogP) is 3.67. The van der Waals surface area contributed by atoms with Gasteiger partial charge >= 0.3 is 0 Å². The molecule has 6 heteroatoms. The number of likely N-dealkylation sites (tertiary alicyclic amines) is 1. The fourth-order valence-corrected chi connectivity index (χ4v) is 3.48. The van der Waals surface area contributed by atoms with Crippen LogP contribution in [-0.2, 0) is 11.3 Å². The van der Waals surface area contributed by atoms with E-state index in [4.69, 9.17) is 9.47 Å². The van der Waals surface area contributed by atoms with Crippen LogP contribution in [0.2, 0.25) is 0 Å². The molecule has 0 radical (unpaired) electrons. The molecule has 1 N–H and O–H groups in total. The number of pyridine rings is 1. The summed E-state index contributed by atoms with van der Waals surface area (Å²) in [6, 6.07) is 13.5.